The lowest BCUT2D eigenvalue weighted by molar-refractivity contribution is -0.128. The average molecular weight is 552 g/mol. The highest BCUT2D eigenvalue weighted by molar-refractivity contribution is 8.00. The van der Waals surface area contributed by atoms with Crippen LogP contribution in [0.3, 0.4) is 0 Å². The molecule has 1 N–H and O–H groups in total. The smallest absolute Gasteiger partial charge is 0.271 e. The normalized spacial score (nSPS) is 14.9. The number of carbonyl (C=O) groups excluding carboxylic acids is 2. The van der Waals surface area contributed by atoms with Crippen molar-refractivity contribution in [3.8, 4) is 11.5 Å². The van der Waals surface area contributed by atoms with Crippen molar-refractivity contribution < 1.29 is 19.1 Å². The molecule has 0 radical (unpaired) electrons. The van der Waals surface area contributed by atoms with E-state index < -0.39 is 0 Å². The number of hydrazone groups is 1. The first-order valence-electron chi connectivity index (χ1n) is 12.8. The molecular weight excluding hydrogens is 522 g/mol. The molecule has 0 bridgehead atoms. The fourth-order valence-electron chi connectivity index (χ4n) is 4.33. The Bertz CT molecular complexity index is 1480. The third-order valence-electron chi connectivity index (χ3n) is 6.43. The lowest BCUT2D eigenvalue weighted by Gasteiger charge is -2.24. The van der Waals surface area contributed by atoms with E-state index >= 15 is 0 Å². The number of nitrogens with zero attached hydrogens (tertiary/aromatic N) is 2. The Hall–Kier alpha value is -4.56. The Morgan fingerprint density at radius 3 is 2.35 bits per heavy atom. The van der Waals surface area contributed by atoms with E-state index in [0.29, 0.717) is 36.0 Å². The predicted molar refractivity (Wildman–Crippen MR) is 157 cm³/mol. The Kier molecular flexibility index (Phi) is 8.78. The van der Waals surface area contributed by atoms with E-state index in [-0.39, 0.29) is 17.2 Å². The number of carbonyl (C=O) groups is 2. The predicted octanol–water partition coefficient (Wildman–Crippen LogP) is 5.81. The van der Waals surface area contributed by atoms with E-state index in [1.54, 1.807) is 43.3 Å². The van der Waals surface area contributed by atoms with E-state index in [1.807, 2.05) is 89.8 Å². The summed E-state index contributed by atoms with van der Waals surface area (Å²) in [7, 11) is 1.58. The fourth-order valence-corrected chi connectivity index (χ4v) is 5.52. The maximum Gasteiger partial charge on any atom is 0.271 e. The second kappa shape index (κ2) is 13.0. The number of hydrogen-bond acceptors (Lipinski definition) is 6. The number of benzene rings is 4. The van der Waals surface area contributed by atoms with E-state index in [0.717, 1.165) is 22.3 Å². The second-order valence-corrected chi connectivity index (χ2v) is 10.2. The van der Waals surface area contributed by atoms with Crippen molar-refractivity contribution in [2.45, 2.75) is 18.5 Å². The molecule has 0 aliphatic carbocycles. The minimum atomic E-state index is -0.325. The van der Waals surface area contributed by atoms with E-state index in [2.05, 4.69) is 10.5 Å². The molecule has 4 aromatic rings. The maximum absolute atomic E-state index is 12.7. The fraction of sp³-hybridized carbons (Fsp3) is 0.156. The number of rotatable bonds is 10. The van der Waals surface area contributed by atoms with Crippen LogP contribution in [0.15, 0.2) is 108 Å². The van der Waals surface area contributed by atoms with E-state index in [1.165, 1.54) is 0 Å². The monoisotopic (exact) mass is 551 g/mol. The first-order valence-corrected chi connectivity index (χ1v) is 13.9. The van der Waals surface area contributed by atoms with Crippen LogP contribution in [0.25, 0.3) is 0 Å². The molecule has 2 amide bonds. The van der Waals surface area contributed by atoms with E-state index in [9.17, 15) is 9.59 Å². The van der Waals surface area contributed by atoms with E-state index in [4.69, 9.17) is 9.47 Å². The van der Waals surface area contributed by atoms with Crippen molar-refractivity contribution >= 4 is 29.8 Å². The Balaban J connectivity index is 1.18. The van der Waals surface area contributed by atoms with Gasteiger partial charge in [-0.1, -0.05) is 72.8 Å². The van der Waals surface area contributed by atoms with Gasteiger partial charge in [-0.2, -0.15) is 5.10 Å². The van der Waals surface area contributed by atoms with Gasteiger partial charge < -0.3 is 14.4 Å². The summed E-state index contributed by atoms with van der Waals surface area (Å²) in [6.45, 7) is 0.986. The molecule has 0 unspecified atom stereocenters. The lowest BCUT2D eigenvalue weighted by Crippen LogP contribution is -2.27. The Morgan fingerprint density at radius 2 is 1.65 bits per heavy atom. The molecule has 1 fully saturated rings. The molecule has 7 nitrogen and oxygen atoms in total. The summed E-state index contributed by atoms with van der Waals surface area (Å²) in [4.78, 5) is 27.1. The molecule has 1 saturated heterocycles. The zero-order valence-electron chi connectivity index (χ0n) is 22.0. The molecule has 40 heavy (non-hydrogen) atoms. The van der Waals surface area contributed by atoms with Crippen molar-refractivity contribution in [2.24, 2.45) is 5.10 Å². The van der Waals surface area contributed by atoms with Gasteiger partial charge in [0.05, 0.1) is 19.1 Å². The first-order chi connectivity index (χ1) is 19.6. The largest absolute Gasteiger partial charge is 0.493 e. The van der Waals surface area contributed by atoms with Gasteiger partial charge in [0.1, 0.15) is 12.0 Å². The van der Waals surface area contributed by atoms with Crippen molar-refractivity contribution in [3.63, 3.8) is 0 Å². The molecule has 1 heterocycles. The zero-order chi connectivity index (χ0) is 27.7. The number of methoxy groups -OCH3 is 1. The van der Waals surface area contributed by atoms with Gasteiger partial charge in [0.15, 0.2) is 11.5 Å². The Labute approximate surface area is 237 Å². The van der Waals surface area contributed by atoms with Crippen LogP contribution in [0.1, 0.15) is 38.0 Å². The van der Waals surface area contributed by atoms with Gasteiger partial charge in [-0.05, 0) is 52.6 Å². The minimum absolute atomic E-state index is 0.0857. The summed E-state index contributed by atoms with van der Waals surface area (Å²) < 4.78 is 11.4. The van der Waals surface area contributed by atoms with Gasteiger partial charge in [-0.15, -0.1) is 11.8 Å². The SMILES string of the molecule is COc1cc(/C=N\NC(=O)c2ccc([C@@H]3SCC(=O)N3Cc3ccccc3)cc2)ccc1OCc1ccccc1. The third-order valence-corrected chi connectivity index (χ3v) is 7.68. The first kappa shape index (κ1) is 27.0. The second-order valence-electron chi connectivity index (χ2n) is 9.18. The maximum atomic E-state index is 12.7. The molecule has 4 aromatic carbocycles. The highest BCUT2D eigenvalue weighted by atomic mass is 32.2. The van der Waals surface area contributed by atoms with Gasteiger partial charge in [-0.3, -0.25) is 9.59 Å². The van der Waals surface area contributed by atoms with Crippen molar-refractivity contribution in [1.29, 1.82) is 0 Å². The molecule has 202 valence electrons. The summed E-state index contributed by atoms with van der Waals surface area (Å²) in [6.07, 6.45) is 1.55. The van der Waals surface area contributed by atoms with Crippen molar-refractivity contribution in [2.75, 3.05) is 12.9 Å². The van der Waals surface area contributed by atoms with Crippen LogP contribution in [0.2, 0.25) is 0 Å². The summed E-state index contributed by atoms with van der Waals surface area (Å²) in [5, 5.41) is 4.02. The minimum Gasteiger partial charge on any atom is -0.493 e. The highest BCUT2D eigenvalue weighted by Gasteiger charge is 2.32. The van der Waals surface area contributed by atoms with Crippen molar-refractivity contribution in [3.05, 3.63) is 131 Å². The molecule has 1 aliphatic heterocycles. The lowest BCUT2D eigenvalue weighted by atomic mass is 10.1. The summed E-state index contributed by atoms with van der Waals surface area (Å²) in [5.41, 5.74) is 6.93. The summed E-state index contributed by atoms with van der Waals surface area (Å²) >= 11 is 1.60. The van der Waals surface area contributed by atoms with Crippen molar-refractivity contribution in [1.82, 2.24) is 10.3 Å². The standard InChI is InChI=1S/C32H29N3O4S/c1-38-29-18-25(12-17-28(29)39-21-24-10-6-3-7-11-24)19-33-34-31(37)26-13-15-27(16-14-26)32-35(30(36)22-40-32)20-23-8-4-2-5-9-23/h2-19,32H,20-22H2,1H3,(H,34,37)/b33-19-/t32-/m0/s1. The Morgan fingerprint density at radius 1 is 0.950 bits per heavy atom. The van der Waals surface area contributed by atoms with Crippen LogP contribution in [-0.2, 0) is 17.9 Å². The summed E-state index contributed by atoms with van der Waals surface area (Å²) in [5.74, 6) is 1.43. The van der Waals surface area contributed by atoms with Gasteiger partial charge in [0, 0.05) is 12.1 Å². The molecule has 8 heteroatoms. The molecular formula is C32H29N3O4S. The molecule has 1 atom stereocenters. The molecule has 5 rings (SSSR count). The van der Waals surface area contributed by atoms with Gasteiger partial charge >= 0.3 is 0 Å². The number of hydrogen-bond donors (Lipinski definition) is 1. The van der Waals surface area contributed by atoms with Gasteiger partial charge in [-0.25, -0.2) is 5.43 Å². The molecule has 1 aliphatic rings. The quantitative estimate of drug-likeness (QED) is 0.199. The molecule has 0 spiro atoms. The van der Waals surface area contributed by atoms with Crippen LogP contribution < -0.4 is 14.9 Å². The number of nitrogens with one attached hydrogen (secondary N) is 1. The average Bonchev–Trinajstić information content (AvgIpc) is 3.36. The summed E-state index contributed by atoms with van der Waals surface area (Å²) in [6, 6.07) is 32.6. The van der Waals surface area contributed by atoms with Crippen LogP contribution >= 0.6 is 11.8 Å². The number of thioether (sulfide) groups is 1. The molecule has 0 aromatic heterocycles. The van der Waals surface area contributed by atoms with Crippen LogP contribution in [0.4, 0.5) is 0 Å². The van der Waals surface area contributed by atoms with Gasteiger partial charge in [0.25, 0.3) is 5.91 Å². The highest BCUT2D eigenvalue weighted by Crippen LogP contribution is 2.39. The third kappa shape index (κ3) is 6.71. The van der Waals surface area contributed by atoms with Crippen LogP contribution in [0.5, 0.6) is 11.5 Å². The number of ether oxygens (including phenoxy) is 2. The number of amides is 2. The molecule has 0 saturated carbocycles. The van der Waals surface area contributed by atoms with Crippen LogP contribution in [-0.4, -0.2) is 35.8 Å². The van der Waals surface area contributed by atoms with Gasteiger partial charge in [0.2, 0.25) is 5.91 Å². The van der Waals surface area contributed by atoms with Crippen LogP contribution in [0, 0.1) is 0 Å². The topological polar surface area (TPSA) is 80.2 Å². The zero-order valence-corrected chi connectivity index (χ0v) is 22.8.